The molecular weight excluding hydrogens is 328 g/mol. The van der Waals surface area contributed by atoms with Crippen molar-refractivity contribution < 1.29 is 4.79 Å². The van der Waals surface area contributed by atoms with Crippen molar-refractivity contribution in [1.82, 2.24) is 25.5 Å². The molecule has 1 saturated heterocycles. The fourth-order valence-electron chi connectivity index (χ4n) is 3.22. The maximum absolute atomic E-state index is 12.7. The van der Waals surface area contributed by atoms with E-state index in [1.807, 2.05) is 6.92 Å². The Hall–Kier alpha value is -2.44. The first-order chi connectivity index (χ1) is 12.4. The van der Waals surface area contributed by atoms with Gasteiger partial charge in [0.05, 0.1) is 6.04 Å². The molecule has 1 aliphatic heterocycles. The van der Waals surface area contributed by atoms with E-state index in [2.05, 4.69) is 56.9 Å². The van der Waals surface area contributed by atoms with E-state index in [0.29, 0.717) is 0 Å². The van der Waals surface area contributed by atoms with E-state index in [-0.39, 0.29) is 11.9 Å². The first-order valence-electron chi connectivity index (χ1n) is 9.27. The van der Waals surface area contributed by atoms with Gasteiger partial charge in [0.25, 0.3) is 0 Å². The third-order valence-electron chi connectivity index (χ3n) is 5.37. The van der Waals surface area contributed by atoms with Crippen molar-refractivity contribution in [2.45, 2.75) is 52.1 Å². The summed E-state index contributed by atoms with van der Waals surface area (Å²) in [6.45, 7) is 10.1. The van der Waals surface area contributed by atoms with Crippen molar-refractivity contribution in [1.29, 1.82) is 0 Å². The fourth-order valence-corrected chi connectivity index (χ4v) is 3.22. The predicted molar refractivity (Wildman–Crippen MR) is 101 cm³/mol. The molecule has 1 amide bonds. The second-order valence-electron chi connectivity index (χ2n) is 7.77. The van der Waals surface area contributed by atoms with Crippen LogP contribution in [0.1, 0.15) is 52.1 Å². The molecule has 1 atom stereocenters. The molecule has 1 N–H and O–H groups in total. The minimum atomic E-state index is -0.845. The van der Waals surface area contributed by atoms with Gasteiger partial charge in [0.1, 0.15) is 11.9 Å². The van der Waals surface area contributed by atoms with Crippen molar-refractivity contribution in [3.63, 3.8) is 0 Å². The second kappa shape index (κ2) is 7.43. The third-order valence-corrected chi connectivity index (χ3v) is 5.37. The smallest absolute Gasteiger partial charge is 0.248 e. The van der Waals surface area contributed by atoms with E-state index >= 15 is 0 Å². The van der Waals surface area contributed by atoms with Crippen LogP contribution in [0.3, 0.4) is 0 Å². The summed E-state index contributed by atoms with van der Waals surface area (Å²) in [7, 11) is 0. The molecule has 7 heteroatoms. The number of tetrazole rings is 1. The van der Waals surface area contributed by atoms with Crippen molar-refractivity contribution >= 4 is 11.6 Å². The number of carbonyl (C=O) groups excluding carboxylic acids is 1. The van der Waals surface area contributed by atoms with Gasteiger partial charge in [0.2, 0.25) is 5.91 Å². The summed E-state index contributed by atoms with van der Waals surface area (Å²) in [6.07, 6.45) is 3.96. The van der Waals surface area contributed by atoms with Crippen LogP contribution >= 0.6 is 0 Å². The molecule has 1 unspecified atom stereocenters. The largest absolute Gasteiger partial charge is 0.372 e. The summed E-state index contributed by atoms with van der Waals surface area (Å²) < 4.78 is 1.47. The number of nitrogens with one attached hydrogen (secondary N) is 1. The summed E-state index contributed by atoms with van der Waals surface area (Å²) >= 11 is 0. The van der Waals surface area contributed by atoms with Gasteiger partial charge < -0.3 is 10.2 Å². The zero-order chi connectivity index (χ0) is 18.7. The zero-order valence-electron chi connectivity index (χ0n) is 16.0. The summed E-state index contributed by atoms with van der Waals surface area (Å²) in [4.78, 5) is 15.1. The van der Waals surface area contributed by atoms with Crippen molar-refractivity contribution in [2.24, 2.45) is 5.92 Å². The van der Waals surface area contributed by atoms with Gasteiger partial charge in [0.15, 0.2) is 0 Å². The number of anilines is 1. The summed E-state index contributed by atoms with van der Waals surface area (Å²) in [5.41, 5.74) is 1.50. The Balaban J connectivity index is 1.63. The van der Waals surface area contributed by atoms with Gasteiger partial charge in [-0.05, 0) is 67.7 Å². The Labute approximate surface area is 154 Å². The molecule has 0 spiro atoms. The van der Waals surface area contributed by atoms with Crippen LogP contribution in [0.5, 0.6) is 0 Å². The molecule has 140 valence electrons. The molecule has 0 saturated carbocycles. The molecule has 1 fully saturated rings. The van der Waals surface area contributed by atoms with Gasteiger partial charge >= 0.3 is 0 Å². The fraction of sp³-hybridized carbons (Fsp3) is 0.579. The van der Waals surface area contributed by atoms with Crippen LogP contribution in [-0.4, -0.2) is 39.2 Å². The van der Waals surface area contributed by atoms with Gasteiger partial charge in [-0.1, -0.05) is 19.1 Å². The average Bonchev–Trinajstić information content (AvgIpc) is 3.18. The predicted octanol–water partition coefficient (Wildman–Crippen LogP) is 2.52. The molecule has 2 heterocycles. The lowest BCUT2D eigenvalue weighted by atomic mass is 9.98. The number of nitrogens with zero attached hydrogens (tertiary/aromatic N) is 5. The van der Waals surface area contributed by atoms with Gasteiger partial charge in [-0.25, -0.2) is 4.68 Å². The van der Waals surface area contributed by atoms with E-state index in [9.17, 15) is 4.79 Å². The maximum atomic E-state index is 12.7. The number of amides is 1. The first-order valence-corrected chi connectivity index (χ1v) is 9.27. The van der Waals surface area contributed by atoms with Crippen LogP contribution in [0.15, 0.2) is 30.6 Å². The van der Waals surface area contributed by atoms with Crippen molar-refractivity contribution in [3.05, 3.63) is 36.2 Å². The van der Waals surface area contributed by atoms with Gasteiger partial charge in [0, 0.05) is 18.8 Å². The van der Waals surface area contributed by atoms with Crippen LogP contribution in [0.25, 0.3) is 0 Å². The Kier molecular flexibility index (Phi) is 5.25. The lowest BCUT2D eigenvalue weighted by molar-refractivity contribution is -0.129. The minimum absolute atomic E-state index is 0.0892. The van der Waals surface area contributed by atoms with Crippen molar-refractivity contribution in [3.8, 4) is 0 Å². The molecular formula is C19H28N6O. The molecule has 0 aliphatic carbocycles. The topological polar surface area (TPSA) is 75.9 Å². The van der Waals surface area contributed by atoms with E-state index < -0.39 is 5.54 Å². The quantitative estimate of drug-likeness (QED) is 0.891. The maximum Gasteiger partial charge on any atom is 0.248 e. The van der Waals surface area contributed by atoms with E-state index in [1.54, 1.807) is 13.8 Å². The number of benzene rings is 1. The molecule has 3 rings (SSSR count). The van der Waals surface area contributed by atoms with Gasteiger partial charge in [-0.2, -0.15) is 0 Å². The molecule has 0 bridgehead atoms. The SMILES string of the molecule is CC1CCN(c2ccc(C(C)NC(=O)C(C)(C)n3cnnn3)cc2)CC1. The Bertz CT molecular complexity index is 717. The minimum Gasteiger partial charge on any atom is -0.372 e. The highest BCUT2D eigenvalue weighted by molar-refractivity contribution is 5.83. The average molecular weight is 356 g/mol. The van der Waals surface area contributed by atoms with Crippen LogP contribution in [0.4, 0.5) is 5.69 Å². The number of hydrogen-bond donors (Lipinski definition) is 1. The first kappa shape index (κ1) is 18.4. The lowest BCUT2D eigenvalue weighted by Crippen LogP contribution is -2.45. The van der Waals surface area contributed by atoms with Crippen LogP contribution in [0, 0.1) is 5.92 Å². The normalized spacial score (nSPS) is 17.2. The summed E-state index contributed by atoms with van der Waals surface area (Å²) in [5.74, 6) is 0.704. The highest BCUT2D eigenvalue weighted by atomic mass is 16.2. The van der Waals surface area contributed by atoms with Crippen LogP contribution in [-0.2, 0) is 10.3 Å². The van der Waals surface area contributed by atoms with E-state index in [0.717, 1.165) is 24.6 Å². The number of aromatic nitrogens is 4. The Morgan fingerprint density at radius 3 is 2.46 bits per heavy atom. The molecule has 0 radical (unpaired) electrons. The monoisotopic (exact) mass is 356 g/mol. The van der Waals surface area contributed by atoms with E-state index in [4.69, 9.17) is 0 Å². The van der Waals surface area contributed by atoms with Gasteiger partial charge in [-0.15, -0.1) is 5.10 Å². The molecule has 1 aromatic heterocycles. The van der Waals surface area contributed by atoms with E-state index in [1.165, 1.54) is 29.5 Å². The second-order valence-corrected chi connectivity index (χ2v) is 7.77. The molecule has 1 aliphatic rings. The Morgan fingerprint density at radius 2 is 1.88 bits per heavy atom. The summed E-state index contributed by atoms with van der Waals surface area (Å²) in [6, 6.07) is 8.42. The number of piperidine rings is 1. The molecule has 26 heavy (non-hydrogen) atoms. The third kappa shape index (κ3) is 3.86. The van der Waals surface area contributed by atoms with Crippen LogP contribution in [0.2, 0.25) is 0 Å². The number of carbonyl (C=O) groups is 1. The summed E-state index contributed by atoms with van der Waals surface area (Å²) in [5, 5.41) is 14.1. The molecule has 1 aromatic carbocycles. The lowest BCUT2D eigenvalue weighted by Gasteiger charge is -2.32. The van der Waals surface area contributed by atoms with Crippen molar-refractivity contribution in [2.75, 3.05) is 18.0 Å². The zero-order valence-corrected chi connectivity index (χ0v) is 16.0. The standard InChI is InChI=1S/C19H28N6O/c1-14-9-11-24(12-10-14)17-7-5-16(6-8-17)15(2)21-18(26)19(3,4)25-13-20-22-23-25/h5-8,13-15H,9-12H2,1-4H3,(H,21,26). The highest BCUT2D eigenvalue weighted by Crippen LogP contribution is 2.25. The van der Waals surface area contributed by atoms with Crippen LogP contribution < -0.4 is 10.2 Å². The highest BCUT2D eigenvalue weighted by Gasteiger charge is 2.32. The molecule has 2 aromatic rings. The Morgan fingerprint density at radius 1 is 1.23 bits per heavy atom. The molecule has 7 nitrogen and oxygen atoms in total. The number of rotatable bonds is 5. The number of hydrogen-bond acceptors (Lipinski definition) is 5. The van der Waals surface area contributed by atoms with Gasteiger partial charge in [-0.3, -0.25) is 4.79 Å².